The highest BCUT2D eigenvalue weighted by Crippen LogP contribution is 2.36. The van der Waals surface area contributed by atoms with Gasteiger partial charge in [0.1, 0.15) is 28.9 Å². The highest BCUT2D eigenvalue weighted by Gasteiger charge is 2.16. The van der Waals surface area contributed by atoms with Crippen molar-refractivity contribution >= 4 is 5.82 Å². The lowest BCUT2D eigenvalue weighted by atomic mass is 9.97. The first kappa shape index (κ1) is 17.3. The maximum Gasteiger partial charge on any atom is 0.142 e. The van der Waals surface area contributed by atoms with Gasteiger partial charge in [-0.15, -0.1) is 0 Å². The fraction of sp³-hybridized carbons (Fsp3) is 0.143. The summed E-state index contributed by atoms with van der Waals surface area (Å²) < 4.78 is 10.9. The van der Waals surface area contributed by atoms with Crippen molar-refractivity contribution in [2.75, 3.05) is 19.5 Å². The standard InChI is InChI=1S/C21H19N3O2/c1-3-26-15-10-8-14(9-11-15)19-12-17(18(13-22)21(23)24-19)16-6-4-5-7-20(16)25-2/h4-12H,3H2,1-2H3,(H2,23,24). The number of anilines is 1. The third-order valence-electron chi connectivity index (χ3n) is 4.02. The van der Waals surface area contributed by atoms with Crippen LogP contribution < -0.4 is 15.2 Å². The SMILES string of the molecule is CCOc1ccc(-c2cc(-c3ccccc3OC)c(C#N)c(N)n2)cc1. The van der Waals surface area contributed by atoms with Crippen molar-refractivity contribution in [3.63, 3.8) is 0 Å². The number of para-hydroxylation sites is 1. The number of hydrogen-bond acceptors (Lipinski definition) is 5. The Morgan fingerprint density at radius 1 is 1.08 bits per heavy atom. The van der Waals surface area contributed by atoms with Crippen molar-refractivity contribution in [3.8, 4) is 40.0 Å². The number of aromatic nitrogens is 1. The van der Waals surface area contributed by atoms with Crippen LogP contribution in [-0.2, 0) is 0 Å². The molecule has 5 heteroatoms. The van der Waals surface area contributed by atoms with Crippen molar-refractivity contribution in [1.82, 2.24) is 4.98 Å². The molecule has 26 heavy (non-hydrogen) atoms. The molecule has 0 radical (unpaired) electrons. The largest absolute Gasteiger partial charge is 0.496 e. The van der Waals surface area contributed by atoms with Crippen LogP contribution in [0.3, 0.4) is 0 Å². The van der Waals surface area contributed by atoms with E-state index in [1.807, 2.05) is 61.5 Å². The monoisotopic (exact) mass is 345 g/mol. The number of pyridine rings is 1. The first-order chi connectivity index (χ1) is 12.7. The lowest BCUT2D eigenvalue weighted by Gasteiger charge is -2.13. The maximum atomic E-state index is 9.55. The number of nitrogens with zero attached hydrogens (tertiary/aromatic N) is 2. The van der Waals surface area contributed by atoms with E-state index >= 15 is 0 Å². The smallest absolute Gasteiger partial charge is 0.142 e. The van der Waals surface area contributed by atoms with Crippen LogP contribution in [0.5, 0.6) is 11.5 Å². The number of methoxy groups -OCH3 is 1. The molecule has 0 amide bonds. The minimum atomic E-state index is 0.194. The maximum absolute atomic E-state index is 9.55. The van der Waals surface area contributed by atoms with Crippen LogP contribution in [0.1, 0.15) is 12.5 Å². The van der Waals surface area contributed by atoms with Crippen LogP contribution in [0.15, 0.2) is 54.6 Å². The number of ether oxygens (including phenoxy) is 2. The van der Waals surface area contributed by atoms with E-state index in [2.05, 4.69) is 11.1 Å². The molecular formula is C21H19N3O2. The molecule has 0 saturated carbocycles. The van der Waals surface area contributed by atoms with Crippen molar-refractivity contribution in [1.29, 1.82) is 5.26 Å². The average Bonchev–Trinajstić information content (AvgIpc) is 2.68. The van der Waals surface area contributed by atoms with Crippen LogP contribution in [0.25, 0.3) is 22.4 Å². The Morgan fingerprint density at radius 3 is 2.46 bits per heavy atom. The summed E-state index contributed by atoms with van der Waals surface area (Å²) in [6.07, 6.45) is 0. The van der Waals surface area contributed by atoms with Crippen LogP contribution in [-0.4, -0.2) is 18.7 Å². The molecule has 1 heterocycles. The summed E-state index contributed by atoms with van der Waals surface area (Å²) in [5.41, 5.74) is 9.48. The van der Waals surface area contributed by atoms with Gasteiger partial charge in [0.25, 0.3) is 0 Å². The van der Waals surface area contributed by atoms with Gasteiger partial charge in [0, 0.05) is 16.7 Å². The summed E-state index contributed by atoms with van der Waals surface area (Å²) in [6.45, 7) is 2.55. The number of benzene rings is 2. The summed E-state index contributed by atoms with van der Waals surface area (Å²) in [6, 6.07) is 19.2. The normalized spacial score (nSPS) is 10.2. The van der Waals surface area contributed by atoms with Crippen molar-refractivity contribution in [2.45, 2.75) is 6.92 Å². The Kier molecular flexibility index (Phi) is 5.04. The second-order valence-electron chi connectivity index (χ2n) is 5.58. The average molecular weight is 345 g/mol. The molecule has 5 nitrogen and oxygen atoms in total. The fourth-order valence-electron chi connectivity index (χ4n) is 2.80. The molecule has 0 bridgehead atoms. The third kappa shape index (κ3) is 3.31. The van der Waals surface area contributed by atoms with Gasteiger partial charge in [-0.2, -0.15) is 5.26 Å². The number of nitrogen functional groups attached to an aromatic ring is 1. The summed E-state index contributed by atoms with van der Waals surface area (Å²) in [5.74, 6) is 1.66. The molecule has 2 N–H and O–H groups in total. The minimum Gasteiger partial charge on any atom is -0.496 e. The molecule has 130 valence electrons. The zero-order valence-electron chi connectivity index (χ0n) is 14.7. The Hall–Kier alpha value is -3.52. The van der Waals surface area contributed by atoms with E-state index in [-0.39, 0.29) is 5.82 Å². The van der Waals surface area contributed by atoms with Gasteiger partial charge in [0.05, 0.1) is 19.4 Å². The minimum absolute atomic E-state index is 0.194. The number of hydrogen-bond donors (Lipinski definition) is 1. The quantitative estimate of drug-likeness (QED) is 0.746. The topological polar surface area (TPSA) is 81.2 Å². The van der Waals surface area contributed by atoms with E-state index in [1.165, 1.54) is 0 Å². The molecule has 0 aliphatic heterocycles. The number of nitriles is 1. The molecule has 0 saturated heterocycles. The molecule has 3 rings (SSSR count). The van der Waals surface area contributed by atoms with Crippen molar-refractivity contribution in [3.05, 3.63) is 60.2 Å². The highest BCUT2D eigenvalue weighted by molar-refractivity contribution is 5.83. The van der Waals surface area contributed by atoms with Gasteiger partial charge in [0.2, 0.25) is 0 Å². The molecule has 3 aromatic rings. The van der Waals surface area contributed by atoms with E-state index in [0.717, 1.165) is 16.9 Å². The first-order valence-electron chi connectivity index (χ1n) is 8.25. The predicted molar refractivity (Wildman–Crippen MR) is 102 cm³/mol. The van der Waals surface area contributed by atoms with Crippen LogP contribution >= 0.6 is 0 Å². The number of nitrogens with two attached hydrogens (primary N) is 1. The van der Waals surface area contributed by atoms with E-state index in [4.69, 9.17) is 15.2 Å². The molecule has 1 aromatic heterocycles. The zero-order chi connectivity index (χ0) is 18.5. The Balaban J connectivity index is 2.15. The Bertz CT molecular complexity index is 960. The molecule has 0 unspecified atom stereocenters. The summed E-state index contributed by atoms with van der Waals surface area (Å²) in [4.78, 5) is 4.41. The predicted octanol–water partition coefficient (Wildman–Crippen LogP) is 4.28. The first-order valence-corrected chi connectivity index (χ1v) is 8.25. The lowest BCUT2D eigenvalue weighted by molar-refractivity contribution is 0.340. The Labute approximate surface area is 152 Å². The second kappa shape index (κ2) is 7.58. The lowest BCUT2D eigenvalue weighted by Crippen LogP contribution is -2.00. The number of rotatable bonds is 5. The molecule has 0 spiro atoms. The van der Waals surface area contributed by atoms with Crippen LogP contribution in [0.4, 0.5) is 5.82 Å². The summed E-state index contributed by atoms with van der Waals surface area (Å²) >= 11 is 0. The molecule has 0 aliphatic rings. The zero-order valence-corrected chi connectivity index (χ0v) is 14.7. The molecule has 0 fully saturated rings. The summed E-state index contributed by atoms with van der Waals surface area (Å²) in [5, 5.41) is 9.55. The van der Waals surface area contributed by atoms with E-state index < -0.39 is 0 Å². The molecule has 2 aromatic carbocycles. The van der Waals surface area contributed by atoms with E-state index in [1.54, 1.807) is 7.11 Å². The molecule has 0 aliphatic carbocycles. The van der Waals surface area contributed by atoms with Crippen LogP contribution in [0.2, 0.25) is 0 Å². The van der Waals surface area contributed by atoms with Crippen molar-refractivity contribution < 1.29 is 9.47 Å². The van der Waals surface area contributed by atoms with Crippen LogP contribution in [0, 0.1) is 11.3 Å². The van der Waals surface area contributed by atoms with E-state index in [9.17, 15) is 5.26 Å². The van der Waals surface area contributed by atoms with Gasteiger partial charge < -0.3 is 15.2 Å². The Morgan fingerprint density at radius 2 is 1.81 bits per heavy atom. The second-order valence-corrected chi connectivity index (χ2v) is 5.58. The third-order valence-corrected chi connectivity index (χ3v) is 4.02. The van der Waals surface area contributed by atoms with Gasteiger partial charge in [-0.3, -0.25) is 0 Å². The van der Waals surface area contributed by atoms with Gasteiger partial charge >= 0.3 is 0 Å². The summed E-state index contributed by atoms with van der Waals surface area (Å²) in [7, 11) is 1.60. The highest BCUT2D eigenvalue weighted by atomic mass is 16.5. The molecule has 0 atom stereocenters. The van der Waals surface area contributed by atoms with Gasteiger partial charge in [0.15, 0.2) is 0 Å². The molecular weight excluding hydrogens is 326 g/mol. The van der Waals surface area contributed by atoms with E-state index in [0.29, 0.717) is 29.2 Å². The fourth-order valence-corrected chi connectivity index (χ4v) is 2.80. The van der Waals surface area contributed by atoms with Crippen molar-refractivity contribution in [2.24, 2.45) is 0 Å². The van der Waals surface area contributed by atoms with Gasteiger partial charge in [-0.25, -0.2) is 4.98 Å². The van der Waals surface area contributed by atoms with Gasteiger partial charge in [-0.1, -0.05) is 18.2 Å². The van der Waals surface area contributed by atoms with Gasteiger partial charge in [-0.05, 0) is 43.3 Å².